The van der Waals surface area contributed by atoms with Gasteiger partial charge in [-0.1, -0.05) is 18.2 Å². The lowest BCUT2D eigenvalue weighted by Crippen LogP contribution is -2.45. The maximum Gasteiger partial charge on any atom is 0.434 e. The summed E-state index contributed by atoms with van der Waals surface area (Å²) in [6, 6.07) is 7.92. The molecule has 1 aromatic carbocycles. The van der Waals surface area contributed by atoms with Crippen molar-refractivity contribution in [3.63, 3.8) is 0 Å². The Bertz CT molecular complexity index is 863. The van der Waals surface area contributed by atoms with Crippen LogP contribution in [0.15, 0.2) is 34.6 Å². The highest BCUT2D eigenvalue weighted by Gasteiger charge is 2.34. The Kier molecular flexibility index (Phi) is 6.36. The highest BCUT2D eigenvalue weighted by atomic mass is 32.1. The zero-order chi connectivity index (χ0) is 21.1. The van der Waals surface area contributed by atoms with Gasteiger partial charge in [0.1, 0.15) is 11.4 Å². The van der Waals surface area contributed by atoms with E-state index in [9.17, 15) is 13.2 Å². The maximum absolute atomic E-state index is 12.7. The van der Waals surface area contributed by atoms with Crippen molar-refractivity contribution in [2.75, 3.05) is 13.1 Å². The highest BCUT2D eigenvalue weighted by Crippen LogP contribution is 2.39. The number of para-hydroxylation sites is 1. The molecule has 2 heterocycles. The fraction of sp³-hybridized carbons (Fsp3) is 0.500. The highest BCUT2D eigenvalue weighted by molar-refractivity contribution is 7.09. The monoisotopic (exact) mass is 426 g/mol. The normalized spacial score (nSPS) is 18.7. The number of benzene rings is 1. The number of halogens is 3. The van der Waals surface area contributed by atoms with Gasteiger partial charge in [-0.3, -0.25) is 4.99 Å². The second kappa shape index (κ2) is 8.61. The number of fused-ring (bicyclic) bond motifs is 1. The van der Waals surface area contributed by atoms with Crippen LogP contribution in [0.4, 0.5) is 13.2 Å². The number of alkyl halides is 3. The number of aromatic nitrogens is 1. The third kappa shape index (κ3) is 5.62. The standard InChI is InChI=1S/C20H25F3N4OS/c1-4-24-18(25-10-9-17-27-16(12-29-17)20(21,22)23)26-14-11-19(2,3)28-15-8-6-5-7-13(14)15/h5-8,12,14H,4,9-11H2,1-3H3,(H2,24,25,26). The molecule has 0 bridgehead atoms. The van der Waals surface area contributed by atoms with Crippen molar-refractivity contribution in [3.05, 3.63) is 45.9 Å². The molecule has 0 saturated heterocycles. The summed E-state index contributed by atoms with van der Waals surface area (Å²) in [5.74, 6) is 1.47. The summed E-state index contributed by atoms with van der Waals surface area (Å²) in [5.41, 5.74) is -0.0992. The van der Waals surface area contributed by atoms with Crippen molar-refractivity contribution in [2.45, 2.75) is 51.4 Å². The van der Waals surface area contributed by atoms with E-state index in [4.69, 9.17) is 4.74 Å². The van der Waals surface area contributed by atoms with Crippen LogP contribution < -0.4 is 15.4 Å². The molecule has 1 aliphatic heterocycles. The predicted molar refractivity (Wildman–Crippen MR) is 108 cm³/mol. The molecule has 1 aromatic heterocycles. The molecule has 0 aliphatic carbocycles. The van der Waals surface area contributed by atoms with Crippen LogP contribution in [0.3, 0.4) is 0 Å². The quantitative estimate of drug-likeness (QED) is 0.544. The van der Waals surface area contributed by atoms with E-state index < -0.39 is 11.9 Å². The Morgan fingerprint density at radius 3 is 2.79 bits per heavy atom. The van der Waals surface area contributed by atoms with Crippen LogP contribution in [0.2, 0.25) is 0 Å². The number of nitrogens with one attached hydrogen (secondary N) is 2. The van der Waals surface area contributed by atoms with Crippen LogP contribution in [0.1, 0.15) is 49.5 Å². The average molecular weight is 427 g/mol. The summed E-state index contributed by atoms with van der Waals surface area (Å²) in [6.07, 6.45) is -3.29. The zero-order valence-corrected chi connectivity index (χ0v) is 17.5. The molecule has 2 N–H and O–H groups in total. The van der Waals surface area contributed by atoms with Crippen molar-refractivity contribution in [2.24, 2.45) is 4.99 Å². The number of hydrogen-bond donors (Lipinski definition) is 2. The Morgan fingerprint density at radius 1 is 1.34 bits per heavy atom. The molecule has 29 heavy (non-hydrogen) atoms. The van der Waals surface area contributed by atoms with E-state index in [-0.39, 0.29) is 11.6 Å². The van der Waals surface area contributed by atoms with Gasteiger partial charge in [0.2, 0.25) is 0 Å². The molecule has 1 atom stereocenters. The summed E-state index contributed by atoms with van der Waals surface area (Å²) in [7, 11) is 0. The van der Waals surface area contributed by atoms with Gasteiger partial charge in [0.25, 0.3) is 0 Å². The van der Waals surface area contributed by atoms with Gasteiger partial charge in [0.15, 0.2) is 11.7 Å². The van der Waals surface area contributed by atoms with E-state index in [0.717, 1.165) is 34.5 Å². The summed E-state index contributed by atoms with van der Waals surface area (Å²) in [4.78, 5) is 8.19. The average Bonchev–Trinajstić information content (AvgIpc) is 3.10. The third-order valence-corrected chi connectivity index (χ3v) is 5.38. The molecule has 0 amide bonds. The minimum absolute atomic E-state index is 0.0180. The van der Waals surface area contributed by atoms with Crippen LogP contribution in [-0.2, 0) is 12.6 Å². The molecular formula is C20H25F3N4OS. The van der Waals surface area contributed by atoms with Crippen molar-refractivity contribution >= 4 is 17.3 Å². The second-order valence-electron chi connectivity index (χ2n) is 7.44. The van der Waals surface area contributed by atoms with Crippen LogP contribution >= 0.6 is 11.3 Å². The molecule has 9 heteroatoms. The zero-order valence-electron chi connectivity index (χ0n) is 16.6. The van der Waals surface area contributed by atoms with E-state index in [0.29, 0.717) is 30.5 Å². The van der Waals surface area contributed by atoms with Crippen LogP contribution in [0.5, 0.6) is 5.75 Å². The predicted octanol–water partition coefficient (Wildman–Crippen LogP) is 4.56. The maximum atomic E-state index is 12.7. The topological polar surface area (TPSA) is 58.5 Å². The molecule has 158 valence electrons. The molecule has 3 rings (SSSR count). The molecule has 1 aliphatic rings. The van der Waals surface area contributed by atoms with E-state index in [1.807, 2.05) is 45.0 Å². The van der Waals surface area contributed by atoms with E-state index >= 15 is 0 Å². The summed E-state index contributed by atoms with van der Waals surface area (Å²) in [6.45, 7) is 7.07. The molecule has 2 aromatic rings. The molecule has 0 spiro atoms. The number of nitrogens with zero attached hydrogens (tertiary/aromatic N) is 2. The van der Waals surface area contributed by atoms with E-state index in [1.54, 1.807) is 0 Å². The Morgan fingerprint density at radius 2 is 2.10 bits per heavy atom. The number of guanidine groups is 1. The second-order valence-corrected chi connectivity index (χ2v) is 8.38. The van der Waals surface area contributed by atoms with Gasteiger partial charge in [-0.15, -0.1) is 11.3 Å². The van der Waals surface area contributed by atoms with Crippen molar-refractivity contribution in [3.8, 4) is 5.75 Å². The van der Waals surface area contributed by atoms with Gasteiger partial charge < -0.3 is 15.4 Å². The molecule has 0 fully saturated rings. The Balaban J connectivity index is 1.69. The summed E-state index contributed by atoms with van der Waals surface area (Å²) in [5, 5.41) is 8.12. The first-order valence-corrected chi connectivity index (χ1v) is 10.4. The molecule has 5 nitrogen and oxygen atoms in total. The molecule has 1 unspecified atom stereocenters. The number of ether oxygens (including phenoxy) is 1. The van der Waals surface area contributed by atoms with E-state index in [1.165, 1.54) is 0 Å². The van der Waals surface area contributed by atoms with Crippen molar-refractivity contribution in [1.82, 2.24) is 15.6 Å². The SMILES string of the molecule is CCNC(=NCCc1nc(C(F)(F)F)cs1)NC1CC(C)(C)Oc2ccccc21. The molecule has 0 radical (unpaired) electrons. The van der Waals surface area contributed by atoms with Gasteiger partial charge >= 0.3 is 6.18 Å². The lowest BCUT2D eigenvalue weighted by atomic mass is 9.90. The van der Waals surface area contributed by atoms with Gasteiger partial charge in [-0.2, -0.15) is 13.2 Å². The third-order valence-electron chi connectivity index (χ3n) is 4.47. The fourth-order valence-electron chi connectivity index (χ4n) is 3.24. The van der Waals surface area contributed by atoms with Crippen LogP contribution in [0, 0.1) is 0 Å². The fourth-order valence-corrected chi connectivity index (χ4v) is 4.03. The first kappa shape index (κ1) is 21.4. The first-order valence-electron chi connectivity index (χ1n) is 9.52. The van der Waals surface area contributed by atoms with Gasteiger partial charge in [-0.25, -0.2) is 4.98 Å². The molecular weight excluding hydrogens is 401 g/mol. The first-order chi connectivity index (χ1) is 13.7. The lowest BCUT2D eigenvalue weighted by molar-refractivity contribution is -0.140. The van der Waals surface area contributed by atoms with Crippen LogP contribution in [0.25, 0.3) is 0 Å². The Hall–Kier alpha value is -2.29. The smallest absolute Gasteiger partial charge is 0.434 e. The number of aliphatic imine (C=N–C) groups is 1. The number of rotatable bonds is 5. The Labute approximate surface area is 172 Å². The van der Waals surface area contributed by atoms with Crippen molar-refractivity contribution in [1.29, 1.82) is 0 Å². The summed E-state index contributed by atoms with van der Waals surface area (Å²) >= 11 is 1.01. The minimum Gasteiger partial charge on any atom is -0.487 e. The summed E-state index contributed by atoms with van der Waals surface area (Å²) < 4.78 is 44.1. The van der Waals surface area contributed by atoms with Gasteiger partial charge in [0.05, 0.1) is 11.0 Å². The van der Waals surface area contributed by atoms with Gasteiger partial charge in [0, 0.05) is 36.9 Å². The minimum atomic E-state index is -4.41. The lowest BCUT2D eigenvalue weighted by Gasteiger charge is -2.38. The van der Waals surface area contributed by atoms with Crippen LogP contribution in [-0.4, -0.2) is 29.6 Å². The molecule has 0 saturated carbocycles. The number of thiazole rings is 1. The number of hydrogen-bond acceptors (Lipinski definition) is 4. The van der Waals surface area contributed by atoms with E-state index in [2.05, 4.69) is 20.6 Å². The van der Waals surface area contributed by atoms with Crippen molar-refractivity contribution < 1.29 is 17.9 Å². The van der Waals surface area contributed by atoms with Gasteiger partial charge in [-0.05, 0) is 26.8 Å². The largest absolute Gasteiger partial charge is 0.487 e.